The summed E-state index contributed by atoms with van der Waals surface area (Å²) in [7, 11) is 0. The second kappa shape index (κ2) is 12.9. The first kappa shape index (κ1) is 30.1. The van der Waals surface area contributed by atoms with Crippen molar-refractivity contribution in [2.24, 2.45) is 5.92 Å². The van der Waals surface area contributed by atoms with Crippen LogP contribution >= 0.6 is 22.9 Å². The second-order valence-corrected chi connectivity index (χ2v) is 12.9. The van der Waals surface area contributed by atoms with Gasteiger partial charge in [-0.2, -0.15) is 0 Å². The highest BCUT2D eigenvalue weighted by Crippen LogP contribution is 2.53. The van der Waals surface area contributed by atoms with Crippen LogP contribution in [0, 0.1) is 19.8 Å². The Morgan fingerprint density at radius 2 is 1.61 bits per heavy atom. The van der Waals surface area contributed by atoms with E-state index in [-0.39, 0.29) is 11.7 Å². The second-order valence-electron chi connectivity index (χ2n) is 11.5. The van der Waals surface area contributed by atoms with Crippen molar-refractivity contribution in [3.63, 3.8) is 0 Å². The predicted octanol–water partition coefficient (Wildman–Crippen LogP) is 6.69. The Kier molecular flexibility index (Phi) is 8.84. The number of piperazine rings is 1. The molecule has 44 heavy (non-hydrogen) atoms. The minimum Gasteiger partial charge on any atom is -0.338 e. The maximum Gasteiger partial charge on any atom is 0.323 e. The highest BCUT2D eigenvalue weighted by molar-refractivity contribution is 7.10. The van der Waals surface area contributed by atoms with E-state index in [0.29, 0.717) is 42.5 Å². The molecule has 0 aliphatic carbocycles. The number of benzene rings is 3. The molecular formula is C35H35ClN4O3S. The first-order valence-corrected chi connectivity index (χ1v) is 16.1. The van der Waals surface area contributed by atoms with E-state index in [0.717, 1.165) is 21.6 Å². The highest BCUT2D eigenvalue weighted by Gasteiger charge is 2.58. The zero-order valence-corrected chi connectivity index (χ0v) is 26.3. The fraction of sp³-hybridized carbons (Fsp3) is 0.286. The molecule has 3 heterocycles. The summed E-state index contributed by atoms with van der Waals surface area (Å²) in [6.07, 6.45) is 0. The smallest absolute Gasteiger partial charge is 0.323 e. The van der Waals surface area contributed by atoms with Crippen LogP contribution in [0.15, 0.2) is 90.3 Å². The zero-order valence-electron chi connectivity index (χ0n) is 24.7. The van der Waals surface area contributed by atoms with Crippen LogP contribution in [0.2, 0.25) is 5.02 Å². The standard InChI is InChI=1S/C35H35ClN4O3S/c1-22-7-3-9-24(19-22)31-30(33(41)25-10-5-11-26(36)21-25)29(28-13-6-18-44-28)32(34(42)39-16-14-37-15-17-39)40(31)35(43)38-27-12-4-8-23(2)20-27/h3-13,18-21,29-32,37H,14-17H2,1-2H3,(H,38,43). The first-order valence-electron chi connectivity index (χ1n) is 14.9. The number of hydrogen-bond acceptors (Lipinski definition) is 5. The van der Waals surface area contributed by atoms with Gasteiger partial charge in [0, 0.05) is 53.2 Å². The number of hydrogen-bond donors (Lipinski definition) is 2. The van der Waals surface area contributed by atoms with Crippen molar-refractivity contribution in [2.75, 3.05) is 31.5 Å². The lowest BCUT2D eigenvalue weighted by Gasteiger charge is -2.36. The number of likely N-dealkylation sites (tertiary alicyclic amines) is 1. The Balaban J connectivity index is 1.56. The van der Waals surface area contributed by atoms with Gasteiger partial charge in [-0.25, -0.2) is 4.79 Å². The third kappa shape index (κ3) is 6.02. The average molecular weight is 627 g/mol. The molecular weight excluding hydrogens is 592 g/mol. The molecule has 4 atom stereocenters. The molecule has 3 amide bonds. The molecule has 2 aliphatic rings. The molecule has 3 aromatic carbocycles. The summed E-state index contributed by atoms with van der Waals surface area (Å²) in [6.45, 7) is 6.35. The fourth-order valence-corrected chi connectivity index (χ4v) is 7.69. The van der Waals surface area contributed by atoms with Gasteiger partial charge in [-0.15, -0.1) is 11.3 Å². The number of nitrogens with one attached hydrogen (secondary N) is 2. The summed E-state index contributed by atoms with van der Waals surface area (Å²) in [5.74, 6) is -1.61. The van der Waals surface area contributed by atoms with Crippen LogP contribution in [-0.4, -0.2) is 59.7 Å². The van der Waals surface area contributed by atoms with Gasteiger partial charge in [-0.05, 0) is 60.7 Å². The van der Waals surface area contributed by atoms with Gasteiger partial charge in [0.25, 0.3) is 0 Å². The van der Waals surface area contributed by atoms with Crippen LogP contribution in [0.1, 0.15) is 43.9 Å². The molecule has 1 aromatic heterocycles. The molecule has 6 rings (SSSR count). The number of carbonyl (C=O) groups excluding carboxylic acids is 3. The van der Waals surface area contributed by atoms with Gasteiger partial charge >= 0.3 is 6.03 Å². The van der Waals surface area contributed by atoms with Crippen LogP contribution in [0.25, 0.3) is 0 Å². The number of rotatable bonds is 6. The van der Waals surface area contributed by atoms with E-state index < -0.39 is 30.0 Å². The van der Waals surface area contributed by atoms with Crippen molar-refractivity contribution < 1.29 is 14.4 Å². The molecule has 9 heteroatoms. The topological polar surface area (TPSA) is 81.8 Å². The predicted molar refractivity (Wildman–Crippen MR) is 176 cm³/mol. The Morgan fingerprint density at radius 1 is 0.886 bits per heavy atom. The van der Waals surface area contributed by atoms with E-state index in [4.69, 9.17) is 11.6 Å². The van der Waals surface area contributed by atoms with Gasteiger partial charge in [0.05, 0.1) is 12.0 Å². The van der Waals surface area contributed by atoms with Crippen LogP contribution in [0.3, 0.4) is 0 Å². The summed E-state index contributed by atoms with van der Waals surface area (Å²) in [5.41, 5.74) is 3.89. The SMILES string of the molecule is Cc1cccc(NC(=O)N2C(C(=O)N3CCNCC3)C(c3cccs3)C(C(=O)c3cccc(Cl)c3)C2c2cccc(C)c2)c1. The van der Waals surface area contributed by atoms with Crippen LogP contribution in [-0.2, 0) is 4.79 Å². The van der Waals surface area contributed by atoms with E-state index in [1.165, 1.54) is 11.3 Å². The third-order valence-corrected chi connectivity index (χ3v) is 9.73. The lowest BCUT2D eigenvalue weighted by molar-refractivity contribution is -0.136. The Hall–Kier alpha value is -3.98. The Labute approximate surface area is 266 Å². The molecule has 4 unspecified atom stereocenters. The summed E-state index contributed by atoms with van der Waals surface area (Å²) in [5, 5.41) is 8.80. The van der Waals surface area contributed by atoms with Gasteiger partial charge in [-0.3, -0.25) is 9.59 Å². The monoisotopic (exact) mass is 626 g/mol. The Morgan fingerprint density at radius 3 is 2.30 bits per heavy atom. The minimum atomic E-state index is -0.907. The molecule has 2 aliphatic heterocycles. The molecule has 0 spiro atoms. The van der Waals surface area contributed by atoms with Gasteiger partial charge in [0.1, 0.15) is 6.04 Å². The minimum absolute atomic E-state index is 0.150. The molecule has 2 N–H and O–H groups in total. The van der Waals surface area contributed by atoms with Crippen molar-refractivity contribution >= 4 is 46.3 Å². The summed E-state index contributed by atoms with van der Waals surface area (Å²) >= 11 is 7.88. The van der Waals surface area contributed by atoms with Crippen molar-refractivity contribution in [2.45, 2.75) is 31.8 Å². The fourth-order valence-electron chi connectivity index (χ4n) is 6.60. The first-order chi connectivity index (χ1) is 21.3. The van der Waals surface area contributed by atoms with E-state index in [2.05, 4.69) is 10.6 Å². The largest absolute Gasteiger partial charge is 0.338 e. The van der Waals surface area contributed by atoms with E-state index in [1.54, 1.807) is 29.2 Å². The van der Waals surface area contributed by atoms with Crippen molar-refractivity contribution in [1.82, 2.24) is 15.1 Å². The number of ketones is 1. The Bertz CT molecular complexity index is 1670. The molecule has 226 valence electrons. The van der Waals surface area contributed by atoms with E-state index >= 15 is 0 Å². The number of urea groups is 1. The van der Waals surface area contributed by atoms with Crippen LogP contribution < -0.4 is 10.6 Å². The zero-order chi connectivity index (χ0) is 30.8. The highest BCUT2D eigenvalue weighted by atomic mass is 35.5. The molecule has 2 saturated heterocycles. The number of anilines is 1. The number of aryl methyl sites for hydroxylation is 2. The quantitative estimate of drug-likeness (QED) is 0.234. The van der Waals surface area contributed by atoms with Crippen molar-refractivity contribution in [1.29, 1.82) is 0 Å². The molecule has 2 fully saturated rings. The van der Waals surface area contributed by atoms with E-state index in [9.17, 15) is 14.4 Å². The summed E-state index contributed by atoms with van der Waals surface area (Å²) in [4.78, 5) is 48.4. The number of carbonyl (C=O) groups is 3. The number of halogens is 1. The van der Waals surface area contributed by atoms with Crippen LogP contribution in [0.5, 0.6) is 0 Å². The lowest BCUT2D eigenvalue weighted by atomic mass is 9.78. The normalized spacial score (nSPS) is 21.7. The number of Topliss-reactive ketones (excluding diaryl/α,β-unsaturated/α-hetero) is 1. The van der Waals surface area contributed by atoms with Gasteiger partial charge in [0.15, 0.2) is 5.78 Å². The van der Waals surface area contributed by atoms with E-state index in [1.807, 2.05) is 84.8 Å². The van der Waals surface area contributed by atoms with Crippen LogP contribution in [0.4, 0.5) is 10.5 Å². The van der Waals surface area contributed by atoms with Gasteiger partial charge in [-0.1, -0.05) is 71.8 Å². The number of amides is 3. The number of nitrogens with zero attached hydrogens (tertiary/aromatic N) is 2. The maximum absolute atomic E-state index is 14.7. The molecule has 4 aromatic rings. The molecule has 0 radical (unpaired) electrons. The van der Waals surface area contributed by atoms with Gasteiger partial charge in [0.2, 0.25) is 5.91 Å². The summed E-state index contributed by atoms with van der Waals surface area (Å²) in [6, 6.07) is 24.3. The number of thiophene rings is 1. The van der Waals surface area contributed by atoms with Gasteiger partial charge < -0.3 is 20.4 Å². The molecule has 0 saturated carbocycles. The lowest BCUT2D eigenvalue weighted by Crippen LogP contribution is -2.55. The van der Waals surface area contributed by atoms with Crippen molar-refractivity contribution in [3.8, 4) is 0 Å². The molecule has 7 nitrogen and oxygen atoms in total. The third-order valence-electron chi connectivity index (χ3n) is 8.52. The summed E-state index contributed by atoms with van der Waals surface area (Å²) < 4.78 is 0. The average Bonchev–Trinajstić information content (AvgIpc) is 3.67. The maximum atomic E-state index is 14.7. The van der Waals surface area contributed by atoms with Crippen molar-refractivity contribution in [3.05, 3.63) is 122 Å². The molecule has 0 bridgehead atoms.